The zero-order valence-electron chi connectivity index (χ0n) is 14.7. The lowest BCUT2D eigenvalue weighted by Crippen LogP contribution is -2.10. The van der Waals surface area contributed by atoms with Crippen molar-refractivity contribution in [1.29, 1.82) is 0 Å². The fourth-order valence-electron chi connectivity index (χ4n) is 3.14. The molecule has 2 radical (unpaired) electrons. The Morgan fingerprint density at radius 2 is 1.69 bits per heavy atom. The molecule has 0 bridgehead atoms. The average molecular weight is 426 g/mol. The van der Waals surface area contributed by atoms with E-state index in [4.69, 9.17) is 19.4 Å². The van der Waals surface area contributed by atoms with Crippen molar-refractivity contribution in [1.82, 2.24) is 4.98 Å². The van der Waals surface area contributed by atoms with Crippen molar-refractivity contribution in [2.24, 2.45) is 0 Å². The van der Waals surface area contributed by atoms with Gasteiger partial charge in [-0.2, -0.15) is 0 Å². The quantitative estimate of drug-likeness (QED) is 0.360. The molecule has 1 aromatic heterocycles. The van der Waals surface area contributed by atoms with E-state index in [0.29, 0.717) is 16.4 Å². The molecule has 0 aliphatic heterocycles. The number of pyridine rings is 1. The molecular formula is C21H11BClF2NO2S. The van der Waals surface area contributed by atoms with E-state index < -0.39 is 21.5 Å². The molecule has 3 nitrogen and oxygen atoms in total. The van der Waals surface area contributed by atoms with E-state index in [0.717, 1.165) is 24.4 Å². The number of benzene rings is 3. The van der Waals surface area contributed by atoms with Gasteiger partial charge in [-0.15, -0.1) is 0 Å². The predicted octanol–water partition coefficient (Wildman–Crippen LogP) is 4.46. The van der Waals surface area contributed by atoms with Gasteiger partial charge in [0.1, 0.15) is 19.5 Å². The summed E-state index contributed by atoms with van der Waals surface area (Å²) in [6.07, 6.45) is 1.13. The molecule has 8 heteroatoms. The average Bonchev–Trinajstić information content (AvgIpc) is 2.70. The lowest BCUT2D eigenvalue weighted by Gasteiger charge is -2.15. The summed E-state index contributed by atoms with van der Waals surface area (Å²) in [6.45, 7) is 0. The van der Waals surface area contributed by atoms with Crippen molar-refractivity contribution >= 4 is 45.7 Å². The molecule has 0 saturated heterocycles. The molecule has 142 valence electrons. The molecule has 0 spiro atoms. The molecule has 0 saturated carbocycles. The third kappa shape index (κ3) is 3.30. The molecule has 3 aromatic carbocycles. The van der Waals surface area contributed by atoms with Gasteiger partial charge in [-0.25, -0.2) is 17.2 Å². The highest BCUT2D eigenvalue weighted by Crippen LogP contribution is 2.37. The molecule has 0 N–H and O–H groups in total. The minimum absolute atomic E-state index is 0.0808. The van der Waals surface area contributed by atoms with Crippen molar-refractivity contribution < 1.29 is 17.2 Å². The van der Waals surface area contributed by atoms with Gasteiger partial charge in [-0.3, -0.25) is 4.98 Å². The van der Waals surface area contributed by atoms with Gasteiger partial charge in [0.05, 0.1) is 20.3 Å². The molecular weight excluding hydrogens is 415 g/mol. The molecule has 0 atom stereocenters. The Morgan fingerprint density at radius 1 is 0.931 bits per heavy atom. The van der Waals surface area contributed by atoms with Crippen LogP contribution in [0.4, 0.5) is 8.78 Å². The van der Waals surface area contributed by atoms with Crippen molar-refractivity contribution in [2.45, 2.75) is 9.79 Å². The second-order valence-electron chi connectivity index (χ2n) is 6.30. The molecule has 4 aromatic rings. The molecule has 0 amide bonds. The number of halogens is 3. The minimum atomic E-state index is -4.20. The first-order valence-electron chi connectivity index (χ1n) is 8.43. The largest absolute Gasteiger partial charge is 0.255 e. The van der Waals surface area contributed by atoms with E-state index in [1.807, 2.05) is 0 Å². The third-order valence-electron chi connectivity index (χ3n) is 4.53. The van der Waals surface area contributed by atoms with Gasteiger partial charge in [0.15, 0.2) is 0 Å². The van der Waals surface area contributed by atoms with Crippen LogP contribution in [0.3, 0.4) is 0 Å². The number of sulfone groups is 1. The van der Waals surface area contributed by atoms with Crippen molar-refractivity contribution in [3.8, 4) is 11.1 Å². The maximum absolute atomic E-state index is 14.7. The van der Waals surface area contributed by atoms with Crippen LogP contribution in [-0.2, 0) is 9.84 Å². The Morgan fingerprint density at radius 3 is 2.41 bits per heavy atom. The minimum Gasteiger partial charge on any atom is -0.255 e. The number of aromatic nitrogens is 1. The number of nitrogens with zero attached hydrogens (tertiary/aromatic N) is 1. The highest BCUT2D eigenvalue weighted by molar-refractivity contribution is 7.91. The van der Waals surface area contributed by atoms with Crippen LogP contribution < -0.4 is 5.46 Å². The van der Waals surface area contributed by atoms with E-state index >= 15 is 0 Å². The first kappa shape index (κ1) is 19.5. The molecule has 4 rings (SSSR count). The maximum Gasteiger partial charge on any atom is 0.208 e. The van der Waals surface area contributed by atoms with Crippen LogP contribution in [0.15, 0.2) is 76.7 Å². The lowest BCUT2D eigenvalue weighted by atomic mass is 9.90. The van der Waals surface area contributed by atoms with Gasteiger partial charge in [0, 0.05) is 22.7 Å². The van der Waals surface area contributed by atoms with Gasteiger partial charge >= 0.3 is 0 Å². The summed E-state index contributed by atoms with van der Waals surface area (Å²) < 4.78 is 54.9. The third-order valence-corrected chi connectivity index (χ3v) is 6.58. The van der Waals surface area contributed by atoms with Crippen molar-refractivity contribution in [2.75, 3.05) is 0 Å². The van der Waals surface area contributed by atoms with E-state index in [1.165, 1.54) is 18.2 Å². The van der Waals surface area contributed by atoms with Gasteiger partial charge in [0.25, 0.3) is 0 Å². The summed E-state index contributed by atoms with van der Waals surface area (Å²) in [7, 11) is 1.78. The highest BCUT2D eigenvalue weighted by Gasteiger charge is 2.26. The Bertz CT molecular complexity index is 1380. The summed E-state index contributed by atoms with van der Waals surface area (Å²) in [6, 6.07) is 13.8. The number of rotatable bonds is 3. The van der Waals surface area contributed by atoms with Crippen LogP contribution in [0, 0.1) is 11.6 Å². The van der Waals surface area contributed by atoms with Crippen LogP contribution in [0.5, 0.6) is 0 Å². The molecule has 0 unspecified atom stereocenters. The van der Waals surface area contributed by atoms with Gasteiger partial charge in [0.2, 0.25) is 9.84 Å². The Balaban J connectivity index is 2.11. The summed E-state index contributed by atoms with van der Waals surface area (Å²) >= 11 is 5.77. The van der Waals surface area contributed by atoms with E-state index in [9.17, 15) is 17.2 Å². The van der Waals surface area contributed by atoms with Gasteiger partial charge in [-0.1, -0.05) is 53.5 Å². The Kier molecular flexibility index (Phi) is 4.88. The fourth-order valence-corrected chi connectivity index (χ4v) is 4.84. The number of fused-ring (bicyclic) bond motifs is 1. The maximum atomic E-state index is 14.7. The normalized spacial score (nSPS) is 11.7. The van der Waals surface area contributed by atoms with Crippen LogP contribution in [0.1, 0.15) is 0 Å². The van der Waals surface area contributed by atoms with Gasteiger partial charge < -0.3 is 0 Å². The molecule has 0 aliphatic rings. The van der Waals surface area contributed by atoms with Crippen LogP contribution in [0.2, 0.25) is 5.02 Å². The monoisotopic (exact) mass is 425 g/mol. The predicted molar refractivity (Wildman–Crippen MR) is 109 cm³/mol. The van der Waals surface area contributed by atoms with Crippen molar-refractivity contribution in [3.63, 3.8) is 0 Å². The zero-order valence-corrected chi connectivity index (χ0v) is 16.3. The molecule has 29 heavy (non-hydrogen) atoms. The standard InChI is InChI=1S/C21H11BClF2NO2S/c22-15-6-3-5-14-20(13-4-1-2-7-17(13)24)19(11-26-21(14)15)29(27,28)12-8-9-18(25)16(23)10-12/h1-11H. The second-order valence-corrected chi connectivity index (χ2v) is 8.63. The van der Waals surface area contributed by atoms with Crippen LogP contribution in [-0.4, -0.2) is 21.2 Å². The SMILES string of the molecule is [B]c1cccc2c(-c3ccccc3F)c(S(=O)(=O)c3ccc(F)c(Cl)c3)cnc12. The second kappa shape index (κ2) is 7.24. The summed E-state index contributed by atoms with van der Waals surface area (Å²) in [5.74, 6) is -1.35. The van der Waals surface area contributed by atoms with E-state index in [2.05, 4.69) is 4.98 Å². The number of hydrogen-bond acceptors (Lipinski definition) is 3. The first-order valence-corrected chi connectivity index (χ1v) is 10.3. The Hall–Kier alpha value is -2.77. The first-order chi connectivity index (χ1) is 13.8. The fraction of sp³-hybridized carbons (Fsp3) is 0. The van der Waals surface area contributed by atoms with Crippen LogP contribution >= 0.6 is 11.6 Å². The molecule has 0 aliphatic carbocycles. The zero-order chi connectivity index (χ0) is 20.8. The smallest absolute Gasteiger partial charge is 0.208 e. The number of hydrogen-bond donors (Lipinski definition) is 0. The Labute approximate surface area is 172 Å². The lowest BCUT2D eigenvalue weighted by molar-refractivity contribution is 0.594. The van der Waals surface area contributed by atoms with E-state index in [1.54, 1.807) is 24.3 Å². The molecule has 1 heterocycles. The van der Waals surface area contributed by atoms with Crippen LogP contribution in [0.25, 0.3) is 22.0 Å². The molecule has 0 fully saturated rings. The number of para-hydroxylation sites is 1. The summed E-state index contributed by atoms with van der Waals surface area (Å²) in [5.41, 5.74) is 0.883. The van der Waals surface area contributed by atoms with E-state index in [-0.39, 0.29) is 25.9 Å². The highest BCUT2D eigenvalue weighted by atomic mass is 35.5. The van der Waals surface area contributed by atoms with Gasteiger partial charge in [-0.05, 0) is 24.3 Å². The summed E-state index contributed by atoms with van der Waals surface area (Å²) in [5, 5.41) is 0.0425. The summed E-state index contributed by atoms with van der Waals surface area (Å²) in [4.78, 5) is 3.73. The van der Waals surface area contributed by atoms with Crippen molar-refractivity contribution in [3.05, 3.63) is 83.5 Å². The topological polar surface area (TPSA) is 47.0 Å².